The summed E-state index contributed by atoms with van der Waals surface area (Å²) in [5.74, 6) is 0.912. The number of ether oxygens (including phenoxy) is 1. The predicted molar refractivity (Wildman–Crippen MR) is 135 cm³/mol. The number of benzene rings is 1. The van der Waals surface area contributed by atoms with Crippen molar-refractivity contribution in [1.29, 1.82) is 0 Å². The quantitative estimate of drug-likeness (QED) is 0.372. The number of pyridine rings is 1. The number of hydrogen-bond acceptors (Lipinski definition) is 6. The van der Waals surface area contributed by atoms with Crippen LogP contribution < -0.4 is 10.5 Å². The van der Waals surface area contributed by atoms with Crippen LogP contribution in [0.2, 0.25) is 5.02 Å². The van der Waals surface area contributed by atoms with Crippen molar-refractivity contribution in [3.8, 4) is 16.8 Å². The maximum absolute atomic E-state index is 13.2. The fourth-order valence-electron chi connectivity index (χ4n) is 4.28. The second kappa shape index (κ2) is 9.54. The van der Waals surface area contributed by atoms with E-state index >= 15 is 0 Å². The highest BCUT2D eigenvalue weighted by atomic mass is 35.5. The van der Waals surface area contributed by atoms with Crippen LogP contribution in [0, 0.1) is 5.92 Å². The molecule has 4 aromatic rings. The molecule has 3 aromatic heterocycles. The van der Waals surface area contributed by atoms with Gasteiger partial charge in [-0.2, -0.15) is 5.10 Å². The number of carbonyl (C=O) groups excluding carboxylic acids is 1. The van der Waals surface area contributed by atoms with Crippen LogP contribution in [0.5, 0.6) is 0 Å². The van der Waals surface area contributed by atoms with Crippen LogP contribution in [-0.4, -0.2) is 44.3 Å². The number of hydrogen-bond donors (Lipinski definition) is 0. The van der Waals surface area contributed by atoms with Crippen molar-refractivity contribution in [1.82, 2.24) is 19.2 Å². The van der Waals surface area contributed by atoms with Crippen molar-refractivity contribution in [2.75, 3.05) is 18.0 Å². The van der Waals surface area contributed by atoms with Gasteiger partial charge in [-0.1, -0.05) is 37.6 Å². The molecule has 180 valence electrons. The molecule has 0 radical (unpaired) electrons. The average molecular weight is 492 g/mol. The first-order valence-corrected chi connectivity index (χ1v) is 12.0. The van der Waals surface area contributed by atoms with Gasteiger partial charge in [-0.3, -0.25) is 14.2 Å². The highest BCUT2D eigenvalue weighted by Gasteiger charge is 2.26. The van der Waals surface area contributed by atoms with E-state index in [2.05, 4.69) is 15.0 Å². The van der Waals surface area contributed by atoms with Gasteiger partial charge in [-0.25, -0.2) is 9.50 Å². The Kier molecular flexibility index (Phi) is 6.30. The van der Waals surface area contributed by atoms with Gasteiger partial charge < -0.3 is 9.64 Å². The highest BCUT2D eigenvalue weighted by Crippen LogP contribution is 2.24. The van der Waals surface area contributed by atoms with E-state index in [-0.39, 0.29) is 23.6 Å². The van der Waals surface area contributed by atoms with Gasteiger partial charge in [0.15, 0.2) is 0 Å². The molecular weight excluding hydrogens is 466 g/mol. The molecule has 9 heteroatoms. The molecule has 0 N–H and O–H groups in total. The summed E-state index contributed by atoms with van der Waals surface area (Å²) in [5.41, 5.74) is 2.74. The molecule has 35 heavy (non-hydrogen) atoms. The van der Waals surface area contributed by atoms with Crippen LogP contribution in [0.1, 0.15) is 26.7 Å². The smallest absolute Gasteiger partial charge is 0.306 e. The van der Waals surface area contributed by atoms with E-state index in [0.717, 1.165) is 29.9 Å². The van der Waals surface area contributed by atoms with Crippen LogP contribution in [0.25, 0.3) is 22.3 Å². The van der Waals surface area contributed by atoms with Gasteiger partial charge in [0.1, 0.15) is 23.8 Å². The molecule has 5 rings (SSSR count). The summed E-state index contributed by atoms with van der Waals surface area (Å²) in [6, 6.07) is 13.0. The maximum Gasteiger partial charge on any atom is 0.306 e. The third-order valence-electron chi connectivity index (χ3n) is 6.06. The third-order valence-corrected chi connectivity index (χ3v) is 6.31. The number of anilines is 1. The van der Waals surface area contributed by atoms with Gasteiger partial charge in [-0.15, -0.1) is 0 Å². The predicted octanol–water partition coefficient (Wildman–Crippen LogP) is 4.37. The van der Waals surface area contributed by atoms with E-state index in [4.69, 9.17) is 16.3 Å². The number of nitrogens with zero attached hydrogens (tertiary/aromatic N) is 5. The third kappa shape index (κ3) is 4.93. The standard InChI is InChI=1S/C26H26ClN5O3/c1-17(2)11-25(33)35-22-9-10-30(15-22)24-8-7-21(13-28-24)31-16-29-32-14-19(12-23(32)26(31)34)18-3-5-20(27)6-4-18/h3-8,12-14,16-17,22H,9-11,15H2,1-2H3/t22-/m1/s1. The lowest BCUT2D eigenvalue weighted by atomic mass is 10.1. The minimum Gasteiger partial charge on any atom is -0.460 e. The van der Waals surface area contributed by atoms with Crippen molar-refractivity contribution >= 4 is 28.9 Å². The maximum atomic E-state index is 13.2. The topological polar surface area (TPSA) is 81.7 Å². The van der Waals surface area contributed by atoms with Crippen molar-refractivity contribution in [2.24, 2.45) is 5.92 Å². The van der Waals surface area contributed by atoms with E-state index in [1.807, 2.05) is 62.5 Å². The number of carbonyl (C=O) groups is 1. The normalized spacial score (nSPS) is 15.8. The minimum atomic E-state index is -0.187. The fraction of sp³-hybridized carbons (Fsp3) is 0.308. The molecule has 8 nitrogen and oxygen atoms in total. The van der Waals surface area contributed by atoms with E-state index in [1.165, 1.54) is 10.9 Å². The molecule has 1 atom stereocenters. The van der Waals surface area contributed by atoms with Crippen LogP contribution in [-0.2, 0) is 9.53 Å². The van der Waals surface area contributed by atoms with Gasteiger partial charge in [-0.05, 0) is 41.8 Å². The molecule has 1 aromatic carbocycles. The molecule has 1 saturated heterocycles. The molecule has 0 unspecified atom stereocenters. The molecule has 0 aliphatic carbocycles. The highest BCUT2D eigenvalue weighted by molar-refractivity contribution is 6.30. The van der Waals surface area contributed by atoms with Crippen LogP contribution in [0.4, 0.5) is 5.82 Å². The van der Waals surface area contributed by atoms with Crippen LogP contribution >= 0.6 is 11.6 Å². The molecule has 0 saturated carbocycles. The van der Waals surface area contributed by atoms with Crippen molar-refractivity contribution in [2.45, 2.75) is 32.8 Å². The lowest BCUT2D eigenvalue weighted by Gasteiger charge is -2.18. The summed E-state index contributed by atoms with van der Waals surface area (Å²) in [7, 11) is 0. The molecule has 0 bridgehead atoms. The van der Waals surface area contributed by atoms with Crippen molar-refractivity contribution in [3.63, 3.8) is 0 Å². The number of halogens is 1. The molecule has 1 aliphatic heterocycles. The lowest BCUT2D eigenvalue weighted by molar-refractivity contribution is -0.148. The second-order valence-corrected chi connectivity index (χ2v) is 9.63. The lowest BCUT2D eigenvalue weighted by Crippen LogP contribution is -2.26. The molecule has 4 heterocycles. The van der Waals surface area contributed by atoms with E-state index < -0.39 is 0 Å². The Bertz CT molecular complexity index is 1410. The second-order valence-electron chi connectivity index (χ2n) is 9.19. The van der Waals surface area contributed by atoms with Crippen LogP contribution in [0.3, 0.4) is 0 Å². The van der Waals surface area contributed by atoms with Gasteiger partial charge >= 0.3 is 5.97 Å². The first kappa shape index (κ1) is 23.1. The number of esters is 1. The zero-order chi connectivity index (χ0) is 24.5. The Morgan fingerprint density at radius 2 is 1.97 bits per heavy atom. The molecular formula is C26H26ClN5O3. The van der Waals surface area contributed by atoms with E-state index in [1.54, 1.807) is 10.7 Å². The van der Waals surface area contributed by atoms with Crippen LogP contribution in [0.15, 0.2) is 66.0 Å². The largest absolute Gasteiger partial charge is 0.460 e. The van der Waals surface area contributed by atoms with Gasteiger partial charge in [0.05, 0.1) is 18.4 Å². The molecule has 1 fully saturated rings. The monoisotopic (exact) mass is 491 g/mol. The summed E-state index contributed by atoms with van der Waals surface area (Å²) < 4.78 is 8.66. The Hall–Kier alpha value is -3.65. The van der Waals surface area contributed by atoms with Crippen molar-refractivity contribution in [3.05, 3.63) is 76.6 Å². The summed E-state index contributed by atoms with van der Waals surface area (Å²) in [6.45, 7) is 5.38. The van der Waals surface area contributed by atoms with Crippen molar-refractivity contribution < 1.29 is 9.53 Å². The average Bonchev–Trinajstić information content (AvgIpc) is 3.47. The number of aromatic nitrogens is 4. The van der Waals surface area contributed by atoms with Gasteiger partial charge in [0.2, 0.25) is 0 Å². The Morgan fingerprint density at radius 1 is 1.17 bits per heavy atom. The SMILES string of the molecule is CC(C)CC(=O)O[C@@H]1CCN(c2ccc(-n3cnn4cc(-c5ccc(Cl)cc5)cc4c3=O)cn2)C1. The molecule has 0 spiro atoms. The van der Waals surface area contributed by atoms with E-state index in [0.29, 0.717) is 29.2 Å². The fourth-order valence-corrected chi connectivity index (χ4v) is 4.41. The van der Waals surface area contributed by atoms with Gasteiger partial charge in [0, 0.05) is 36.2 Å². The Morgan fingerprint density at radius 3 is 2.69 bits per heavy atom. The summed E-state index contributed by atoms with van der Waals surface area (Å²) in [5, 5.41) is 5.06. The summed E-state index contributed by atoms with van der Waals surface area (Å²) in [6.07, 6.45) is 6.06. The zero-order valence-corrected chi connectivity index (χ0v) is 20.4. The number of fused-ring (bicyclic) bond motifs is 1. The molecule has 1 aliphatic rings. The molecule has 0 amide bonds. The first-order valence-electron chi connectivity index (χ1n) is 11.6. The zero-order valence-electron chi connectivity index (χ0n) is 19.6. The summed E-state index contributed by atoms with van der Waals surface area (Å²) in [4.78, 5) is 31.8. The Labute approximate surface area is 207 Å². The van der Waals surface area contributed by atoms with Gasteiger partial charge in [0.25, 0.3) is 5.56 Å². The minimum absolute atomic E-state index is 0.124. The van der Waals surface area contributed by atoms with E-state index in [9.17, 15) is 9.59 Å². The first-order chi connectivity index (χ1) is 16.9. The summed E-state index contributed by atoms with van der Waals surface area (Å²) >= 11 is 5.99. The Balaban J connectivity index is 1.33. The number of rotatable bonds is 6.